The third kappa shape index (κ3) is 3.83. The Hall–Kier alpha value is -1.34. The number of nitrogens with zero attached hydrogens (tertiary/aromatic N) is 1. The van der Waals surface area contributed by atoms with Gasteiger partial charge in [0.15, 0.2) is 6.29 Å². The lowest BCUT2D eigenvalue weighted by atomic mass is 9.83. The molecular formula is C18H22Cl2N2O4. The van der Waals surface area contributed by atoms with Crippen molar-refractivity contribution >= 4 is 35.0 Å². The molecule has 0 spiro atoms. The van der Waals surface area contributed by atoms with Gasteiger partial charge in [0.1, 0.15) is 0 Å². The molecule has 2 aliphatic rings. The monoisotopic (exact) mass is 400 g/mol. The van der Waals surface area contributed by atoms with Crippen LogP contribution in [-0.4, -0.2) is 49.8 Å². The zero-order valence-electron chi connectivity index (χ0n) is 14.6. The molecule has 6 nitrogen and oxygen atoms in total. The third-order valence-electron chi connectivity index (χ3n) is 5.10. The number of piperazine rings is 1. The fourth-order valence-corrected chi connectivity index (χ4v) is 3.75. The average Bonchev–Trinajstić information content (AvgIpc) is 2.65. The van der Waals surface area contributed by atoms with Crippen molar-refractivity contribution in [2.24, 2.45) is 0 Å². The van der Waals surface area contributed by atoms with E-state index in [-0.39, 0.29) is 12.8 Å². The number of halogens is 2. The number of hydrogen-bond acceptors (Lipinski definition) is 4. The summed E-state index contributed by atoms with van der Waals surface area (Å²) in [5.41, 5.74) is 0.0457. The summed E-state index contributed by atoms with van der Waals surface area (Å²) in [5, 5.41) is 3.52. The van der Waals surface area contributed by atoms with E-state index in [1.807, 2.05) is 6.07 Å². The number of hydrogen-bond donors (Lipinski definition) is 1. The van der Waals surface area contributed by atoms with Crippen LogP contribution in [0.2, 0.25) is 10.0 Å². The molecule has 1 aromatic rings. The summed E-state index contributed by atoms with van der Waals surface area (Å²) in [7, 11) is 1.63. The van der Waals surface area contributed by atoms with Gasteiger partial charge in [-0.25, -0.2) is 0 Å². The maximum atomic E-state index is 12.3. The van der Waals surface area contributed by atoms with Crippen LogP contribution in [0.1, 0.15) is 31.2 Å². The molecule has 2 fully saturated rings. The van der Waals surface area contributed by atoms with Gasteiger partial charge in [0.05, 0.1) is 22.2 Å². The van der Waals surface area contributed by atoms with E-state index in [1.165, 1.54) is 4.90 Å². The molecular weight excluding hydrogens is 379 g/mol. The van der Waals surface area contributed by atoms with Crippen molar-refractivity contribution in [2.45, 2.75) is 37.5 Å². The lowest BCUT2D eigenvalue weighted by molar-refractivity contribution is -0.170. The van der Waals surface area contributed by atoms with Crippen LogP contribution < -0.4 is 5.32 Å². The molecule has 2 unspecified atom stereocenters. The first kappa shape index (κ1) is 19.4. The number of likely N-dealkylation sites (N-methyl/N-ethyl adjacent to an activating group) is 1. The SMILES string of the molecule is CN1C(=O)C(=O)NCC1(CCOC1CCCCO1)c1ccc(Cl)c(Cl)c1. The second-order valence-electron chi connectivity index (χ2n) is 6.62. The number of benzene rings is 1. The van der Waals surface area contributed by atoms with Crippen LogP contribution in [-0.2, 0) is 24.6 Å². The minimum Gasteiger partial charge on any atom is -0.353 e. The van der Waals surface area contributed by atoms with Crippen LogP contribution in [0.25, 0.3) is 0 Å². The number of ether oxygens (including phenoxy) is 2. The molecule has 26 heavy (non-hydrogen) atoms. The van der Waals surface area contributed by atoms with Crippen LogP contribution in [0, 0.1) is 0 Å². The van der Waals surface area contributed by atoms with E-state index in [4.69, 9.17) is 32.7 Å². The predicted octanol–water partition coefficient (Wildman–Crippen LogP) is 2.71. The Morgan fingerprint density at radius 3 is 2.81 bits per heavy atom. The van der Waals surface area contributed by atoms with Crippen molar-refractivity contribution in [1.29, 1.82) is 0 Å². The molecule has 3 rings (SSSR count). The van der Waals surface area contributed by atoms with Crippen molar-refractivity contribution < 1.29 is 19.1 Å². The summed E-state index contributed by atoms with van der Waals surface area (Å²) in [6, 6.07) is 5.26. The van der Waals surface area contributed by atoms with Gasteiger partial charge in [-0.05, 0) is 37.0 Å². The normalized spacial score (nSPS) is 26.7. The molecule has 0 aliphatic carbocycles. The average molecular weight is 401 g/mol. The highest BCUT2D eigenvalue weighted by Gasteiger charge is 2.45. The smallest absolute Gasteiger partial charge is 0.312 e. The summed E-state index contributed by atoms with van der Waals surface area (Å²) in [6.07, 6.45) is 3.28. The van der Waals surface area contributed by atoms with Crippen LogP contribution in [0.4, 0.5) is 0 Å². The first-order valence-electron chi connectivity index (χ1n) is 8.69. The van der Waals surface area contributed by atoms with Crippen molar-refractivity contribution in [3.05, 3.63) is 33.8 Å². The lowest BCUT2D eigenvalue weighted by Gasteiger charge is -2.45. The van der Waals surface area contributed by atoms with Crippen LogP contribution in [0.15, 0.2) is 18.2 Å². The fraction of sp³-hybridized carbons (Fsp3) is 0.556. The Morgan fingerprint density at radius 2 is 2.12 bits per heavy atom. The standard InChI is InChI=1S/C18H22Cl2N2O4/c1-22-17(24)16(23)21-11-18(22,12-5-6-13(19)14(20)10-12)7-9-26-15-4-2-3-8-25-15/h5-6,10,15H,2-4,7-9,11H2,1H3,(H,21,23). The Kier molecular flexibility index (Phi) is 6.07. The molecule has 2 amide bonds. The number of rotatable bonds is 5. The highest BCUT2D eigenvalue weighted by atomic mass is 35.5. The molecule has 8 heteroatoms. The van der Waals surface area contributed by atoms with Crippen LogP contribution in [0.3, 0.4) is 0 Å². The van der Waals surface area contributed by atoms with Crippen molar-refractivity contribution in [1.82, 2.24) is 10.2 Å². The van der Waals surface area contributed by atoms with E-state index in [9.17, 15) is 9.59 Å². The molecule has 2 saturated heterocycles. The van der Waals surface area contributed by atoms with Gasteiger partial charge in [-0.15, -0.1) is 0 Å². The molecule has 2 aliphatic heterocycles. The molecule has 0 bridgehead atoms. The topological polar surface area (TPSA) is 67.9 Å². The number of carbonyl (C=O) groups is 2. The number of amides is 2. The zero-order chi connectivity index (χ0) is 18.7. The van der Waals surface area contributed by atoms with E-state index in [0.717, 1.165) is 24.8 Å². The van der Waals surface area contributed by atoms with E-state index >= 15 is 0 Å². The third-order valence-corrected chi connectivity index (χ3v) is 5.84. The Balaban J connectivity index is 1.82. The Labute approximate surface area is 162 Å². The molecule has 1 aromatic carbocycles. The minimum atomic E-state index is -0.756. The lowest BCUT2D eigenvalue weighted by Crippen LogP contribution is -2.63. The number of nitrogens with one attached hydrogen (secondary N) is 1. The second-order valence-corrected chi connectivity index (χ2v) is 7.44. The summed E-state index contributed by atoms with van der Waals surface area (Å²) in [4.78, 5) is 25.6. The van der Waals surface area contributed by atoms with E-state index < -0.39 is 17.4 Å². The molecule has 142 valence electrons. The van der Waals surface area contributed by atoms with Crippen molar-refractivity contribution in [3.8, 4) is 0 Å². The summed E-state index contributed by atoms with van der Waals surface area (Å²) in [5.74, 6) is -1.20. The van der Waals surface area contributed by atoms with E-state index in [1.54, 1.807) is 19.2 Å². The molecule has 0 radical (unpaired) electrons. The first-order chi connectivity index (χ1) is 12.4. The fourth-order valence-electron chi connectivity index (χ4n) is 3.45. The first-order valence-corrected chi connectivity index (χ1v) is 9.44. The van der Waals surface area contributed by atoms with Crippen molar-refractivity contribution in [2.75, 3.05) is 26.8 Å². The Bertz CT molecular complexity index is 694. The molecule has 0 saturated carbocycles. The van der Waals surface area contributed by atoms with Gasteiger partial charge in [0.2, 0.25) is 0 Å². The highest BCUT2D eigenvalue weighted by molar-refractivity contribution is 6.42. The largest absolute Gasteiger partial charge is 0.353 e. The van der Waals surface area contributed by atoms with Crippen LogP contribution in [0.5, 0.6) is 0 Å². The maximum absolute atomic E-state index is 12.3. The van der Waals surface area contributed by atoms with E-state index in [0.29, 0.717) is 29.7 Å². The van der Waals surface area contributed by atoms with Gasteiger partial charge in [0, 0.05) is 26.6 Å². The summed E-state index contributed by atoms with van der Waals surface area (Å²) >= 11 is 12.2. The van der Waals surface area contributed by atoms with Crippen molar-refractivity contribution in [3.63, 3.8) is 0 Å². The van der Waals surface area contributed by atoms with Crippen LogP contribution >= 0.6 is 23.2 Å². The maximum Gasteiger partial charge on any atom is 0.312 e. The predicted molar refractivity (Wildman–Crippen MR) is 98.1 cm³/mol. The molecule has 2 atom stereocenters. The van der Waals surface area contributed by atoms with Gasteiger partial charge in [-0.1, -0.05) is 29.3 Å². The van der Waals surface area contributed by atoms with Gasteiger partial charge < -0.3 is 19.7 Å². The molecule has 0 aromatic heterocycles. The molecule has 1 N–H and O–H groups in total. The van der Waals surface area contributed by atoms with Gasteiger partial charge >= 0.3 is 11.8 Å². The van der Waals surface area contributed by atoms with Gasteiger partial charge in [0.25, 0.3) is 0 Å². The zero-order valence-corrected chi connectivity index (χ0v) is 16.1. The quantitative estimate of drug-likeness (QED) is 0.771. The number of carbonyl (C=O) groups excluding carboxylic acids is 2. The minimum absolute atomic E-state index is 0.214. The Morgan fingerprint density at radius 1 is 1.31 bits per heavy atom. The van der Waals surface area contributed by atoms with Gasteiger partial charge in [-0.2, -0.15) is 0 Å². The van der Waals surface area contributed by atoms with Gasteiger partial charge in [-0.3, -0.25) is 9.59 Å². The van der Waals surface area contributed by atoms with E-state index in [2.05, 4.69) is 5.32 Å². The molecule has 2 heterocycles. The highest BCUT2D eigenvalue weighted by Crippen LogP contribution is 2.36. The summed E-state index contributed by atoms with van der Waals surface area (Å²) in [6.45, 7) is 1.37. The second kappa shape index (κ2) is 8.13. The summed E-state index contributed by atoms with van der Waals surface area (Å²) < 4.78 is 11.5.